The Hall–Kier alpha value is -2.34. The summed E-state index contributed by atoms with van der Waals surface area (Å²) in [5, 5.41) is 4.66. The third-order valence-electron chi connectivity index (χ3n) is 3.29. The van der Waals surface area contributed by atoms with Gasteiger partial charge in [-0.25, -0.2) is 0 Å². The minimum absolute atomic E-state index is 0.0785. The van der Waals surface area contributed by atoms with Crippen molar-refractivity contribution in [1.82, 2.24) is 0 Å². The number of benzene rings is 1. The monoisotopic (exact) mass is 333 g/mol. The van der Waals surface area contributed by atoms with Crippen LogP contribution in [0, 0.1) is 0 Å². The molecule has 0 aliphatic carbocycles. The number of anilines is 1. The van der Waals surface area contributed by atoms with Gasteiger partial charge in [0.1, 0.15) is 11.5 Å². The molecule has 1 aromatic carbocycles. The summed E-state index contributed by atoms with van der Waals surface area (Å²) in [4.78, 5) is 24.6. The van der Waals surface area contributed by atoms with Crippen LogP contribution in [0.5, 0.6) is 11.5 Å². The average Bonchev–Trinajstić information content (AvgIpc) is 3.09. The van der Waals surface area contributed by atoms with Gasteiger partial charge in [0.05, 0.1) is 24.8 Å². The van der Waals surface area contributed by atoms with Gasteiger partial charge in [-0.05, 0) is 30.0 Å². The Balaban J connectivity index is 1.84. The van der Waals surface area contributed by atoms with E-state index in [2.05, 4.69) is 5.32 Å². The van der Waals surface area contributed by atoms with Crippen LogP contribution in [0.4, 0.5) is 5.69 Å². The lowest BCUT2D eigenvalue weighted by molar-refractivity contribution is -0.116. The third-order valence-corrected chi connectivity index (χ3v) is 4.20. The first-order chi connectivity index (χ1) is 11.1. The van der Waals surface area contributed by atoms with Crippen molar-refractivity contribution >= 4 is 28.7 Å². The molecule has 0 fully saturated rings. The highest BCUT2D eigenvalue weighted by atomic mass is 32.1. The normalized spacial score (nSPS) is 10.2. The van der Waals surface area contributed by atoms with Crippen LogP contribution in [0.1, 0.15) is 28.9 Å². The van der Waals surface area contributed by atoms with E-state index < -0.39 is 0 Å². The fraction of sp³-hybridized carbons (Fsp3) is 0.294. The van der Waals surface area contributed by atoms with Crippen LogP contribution >= 0.6 is 11.3 Å². The van der Waals surface area contributed by atoms with E-state index in [1.54, 1.807) is 31.4 Å². The Morgan fingerprint density at radius 2 is 1.96 bits per heavy atom. The second-order valence-corrected chi connectivity index (χ2v) is 5.82. The number of rotatable bonds is 8. The Labute approximate surface area is 139 Å². The molecule has 0 unspecified atom stereocenters. The minimum atomic E-state index is -0.146. The molecule has 1 N–H and O–H groups in total. The van der Waals surface area contributed by atoms with E-state index in [-0.39, 0.29) is 18.1 Å². The van der Waals surface area contributed by atoms with Crippen molar-refractivity contribution in [3.8, 4) is 11.5 Å². The van der Waals surface area contributed by atoms with Crippen molar-refractivity contribution in [3.63, 3.8) is 0 Å². The molecule has 6 heteroatoms. The number of ketones is 1. The van der Waals surface area contributed by atoms with Gasteiger partial charge in [0.2, 0.25) is 5.91 Å². The number of hydrogen-bond acceptors (Lipinski definition) is 5. The first-order valence-corrected chi connectivity index (χ1v) is 8.10. The van der Waals surface area contributed by atoms with E-state index in [4.69, 9.17) is 9.47 Å². The molecule has 5 nitrogen and oxygen atoms in total. The largest absolute Gasteiger partial charge is 0.497 e. The van der Waals surface area contributed by atoms with Gasteiger partial charge in [-0.15, -0.1) is 11.3 Å². The summed E-state index contributed by atoms with van der Waals surface area (Å²) in [5.41, 5.74) is 0.586. The molecule has 0 saturated carbocycles. The lowest BCUT2D eigenvalue weighted by atomic mass is 10.1. The summed E-state index contributed by atoms with van der Waals surface area (Å²) in [5.74, 6) is 1.12. The van der Waals surface area contributed by atoms with Gasteiger partial charge in [-0.3, -0.25) is 9.59 Å². The van der Waals surface area contributed by atoms with Crippen molar-refractivity contribution < 1.29 is 19.1 Å². The van der Waals surface area contributed by atoms with Crippen LogP contribution in [-0.2, 0) is 4.79 Å². The molecule has 0 radical (unpaired) electrons. The molecule has 0 aliphatic heterocycles. The number of carbonyl (C=O) groups is 2. The highest BCUT2D eigenvalue weighted by Crippen LogP contribution is 2.29. The van der Waals surface area contributed by atoms with Crippen molar-refractivity contribution in [1.29, 1.82) is 0 Å². The van der Waals surface area contributed by atoms with Gasteiger partial charge in [0.15, 0.2) is 5.78 Å². The standard InChI is InChI=1S/C17H19NO4S/c1-21-12-8-9-13(15(11-12)22-2)18-17(20)7-3-5-14(19)16-6-4-10-23-16/h4,6,8-11H,3,5,7H2,1-2H3,(H,18,20). The predicted octanol–water partition coefficient (Wildman–Crippen LogP) is 3.76. The second-order valence-electron chi connectivity index (χ2n) is 4.87. The average molecular weight is 333 g/mol. The molecule has 0 spiro atoms. The number of hydrogen-bond donors (Lipinski definition) is 1. The molecule has 0 bridgehead atoms. The van der Waals surface area contributed by atoms with Gasteiger partial charge in [0, 0.05) is 18.9 Å². The van der Waals surface area contributed by atoms with Crippen molar-refractivity contribution in [3.05, 3.63) is 40.6 Å². The zero-order valence-electron chi connectivity index (χ0n) is 13.1. The van der Waals surface area contributed by atoms with E-state index in [1.165, 1.54) is 18.4 Å². The summed E-state index contributed by atoms with van der Waals surface area (Å²) in [7, 11) is 3.10. The topological polar surface area (TPSA) is 64.6 Å². The van der Waals surface area contributed by atoms with Crippen LogP contribution in [0.3, 0.4) is 0 Å². The summed E-state index contributed by atoms with van der Waals surface area (Å²) in [6.07, 6.45) is 1.17. The van der Waals surface area contributed by atoms with Crippen LogP contribution in [0.15, 0.2) is 35.7 Å². The van der Waals surface area contributed by atoms with E-state index in [1.807, 2.05) is 11.4 Å². The van der Waals surface area contributed by atoms with Gasteiger partial charge in [0.25, 0.3) is 0 Å². The Morgan fingerprint density at radius 1 is 1.13 bits per heavy atom. The summed E-state index contributed by atoms with van der Waals surface area (Å²) in [6, 6.07) is 8.83. The van der Waals surface area contributed by atoms with E-state index in [0.717, 1.165) is 4.88 Å². The molecule has 23 heavy (non-hydrogen) atoms. The number of ether oxygens (including phenoxy) is 2. The fourth-order valence-corrected chi connectivity index (χ4v) is 2.78. The van der Waals surface area contributed by atoms with Gasteiger partial charge in [-0.1, -0.05) is 6.07 Å². The van der Waals surface area contributed by atoms with Gasteiger partial charge >= 0.3 is 0 Å². The van der Waals surface area contributed by atoms with E-state index in [9.17, 15) is 9.59 Å². The Kier molecular flexibility index (Phi) is 6.17. The maximum Gasteiger partial charge on any atom is 0.224 e. The van der Waals surface area contributed by atoms with Crippen molar-refractivity contribution in [2.45, 2.75) is 19.3 Å². The summed E-state index contributed by atoms with van der Waals surface area (Å²) >= 11 is 1.42. The van der Waals surface area contributed by atoms with Crippen molar-refractivity contribution in [2.75, 3.05) is 19.5 Å². The second kappa shape index (κ2) is 8.33. The number of methoxy groups -OCH3 is 2. The number of nitrogens with one attached hydrogen (secondary N) is 1. The first-order valence-electron chi connectivity index (χ1n) is 7.22. The molecule has 1 heterocycles. The van der Waals surface area contributed by atoms with Crippen LogP contribution in [0.25, 0.3) is 0 Å². The molecule has 1 aromatic heterocycles. The maximum atomic E-state index is 12.0. The smallest absolute Gasteiger partial charge is 0.224 e. The zero-order valence-corrected chi connectivity index (χ0v) is 13.9. The highest BCUT2D eigenvalue weighted by molar-refractivity contribution is 7.12. The molecule has 2 rings (SSSR count). The highest BCUT2D eigenvalue weighted by Gasteiger charge is 2.11. The lowest BCUT2D eigenvalue weighted by Crippen LogP contribution is -2.12. The summed E-state index contributed by atoms with van der Waals surface area (Å²) < 4.78 is 10.3. The van der Waals surface area contributed by atoms with E-state index >= 15 is 0 Å². The summed E-state index contributed by atoms with van der Waals surface area (Å²) in [6.45, 7) is 0. The Morgan fingerprint density at radius 3 is 2.61 bits per heavy atom. The molecule has 0 saturated heterocycles. The molecule has 1 amide bonds. The van der Waals surface area contributed by atoms with E-state index in [0.29, 0.717) is 30.0 Å². The first kappa shape index (κ1) is 17.0. The lowest BCUT2D eigenvalue weighted by Gasteiger charge is -2.11. The third kappa shape index (κ3) is 4.82. The molecular formula is C17H19NO4S. The van der Waals surface area contributed by atoms with Gasteiger partial charge < -0.3 is 14.8 Å². The maximum absolute atomic E-state index is 12.0. The molecule has 122 valence electrons. The van der Waals surface area contributed by atoms with Crippen LogP contribution in [0.2, 0.25) is 0 Å². The fourth-order valence-electron chi connectivity index (χ4n) is 2.08. The zero-order chi connectivity index (χ0) is 16.7. The molecule has 2 aromatic rings. The molecule has 0 aliphatic rings. The minimum Gasteiger partial charge on any atom is -0.497 e. The molecule has 0 atom stereocenters. The number of amides is 1. The van der Waals surface area contributed by atoms with Crippen LogP contribution < -0.4 is 14.8 Å². The van der Waals surface area contributed by atoms with Gasteiger partial charge in [-0.2, -0.15) is 0 Å². The SMILES string of the molecule is COc1ccc(NC(=O)CCCC(=O)c2cccs2)c(OC)c1. The molecular weight excluding hydrogens is 314 g/mol. The Bertz CT molecular complexity index is 667. The van der Waals surface area contributed by atoms with Crippen LogP contribution in [-0.4, -0.2) is 25.9 Å². The quantitative estimate of drug-likeness (QED) is 0.747. The number of Topliss-reactive ketones (excluding diaryl/α,β-unsaturated/α-hetero) is 1. The predicted molar refractivity (Wildman–Crippen MR) is 90.7 cm³/mol. The number of carbonyl (C=O) groups excluding carboxylic acids is 2. The number of thiophene rings is 1. The van der Waals surface area contributed by atoms with Crippen molar-refractivity contribution in [2.24, 2.45) is 0 Å².